The molecule has 0 aromatic heterocycles. The molecule has 39 heavy (non-hydrogen) atoms. The van der Waals surface area contributed by atoms with Crippen LogP contribution >= 0.6 is 0 Å². The third-order valence-corrected chi connectivity index (χ3v) is 6.00. The summed E-state index contributed by atoms with van der Waals surface area (Å²) < 4.78 is 16.1. The number of aryl methyl sites for hydroxylation is 1. The van der Waals surface area contributed by atoms with Crippen LogP contribution in [0.2, 0.25) is 0 Å². The van der Waals surface area contributed by atoms with Crippen LogP contribution in [0.4, 0.5) is 5.69 Å². The summed E-state index contributed by atoms with van der Waals surface area (Å²) in [4.78, 5) is 38.1. The van der Waals surface area contributed by atoms with E-state index in [2.05, 4.69) is 37.9 Å². The predicted molar refractivity (Wildman–Crippen MR) is 158 cm³/mol. The predicted octanol–water partition coefficient (Wildman–Crippen LogP) is 6.48. The summed E-state index contributed by atoms with van der Waals surface area (Å²) in [6, 6.07) is 4.43. The summed E-state index contributed by atoms with van der Waals surface area (Å²) in [5.41, 5.74) is 3.56. The van der Waals surface area contributed by atoms with E-state index in [1.165, 1.54) is 0 Å². The molecule has 0 radical (unpaired) electrons. The fraction of sp³-hybridized carbons (Fsp3) is 0.594. The first-order valence-corrected chi connectivity index (χ1v) is 13.9. The Morgan fingerprint density at radius 1 is 0.846 bits per heavy atom. The SMILES string of the molecule is CC(C)C(=O)OC/C=C/c1cc(/C=C/COC(=O)C(C)(C)C)cc(CCCOC(=O)C(C)C)c1N(C)C(C)C. The highest BCUT2D eigenvalue weighted by Crippen LogP contribution is 2.31. The van der Waals surface area contributed by atoms with Crippen molar-refractivity contribution in [3.05, 3.63) is 41.0 Å². The minimum atomic E-state index is -0.555. The number of hydrogen-bond donors (Lipinski definition) is 0. The average molecular weight is 544 g/mol. The number of nitrogens with zero attached hydrogens (tertiary/aromatic N) is 1. The number of benzene rings is 1. The van der Waals surface area contributed by atoms with Crippen molar-refractivity contribution in [3.63, 3.8) is 0 Å². The van der Waals surface area contributed by atoms with E-state index in [0.717, 1.165) is 22.4 Å². The zero-order valence-corrected chi connectivity index (χ0v) is 25.6. The zero-order valence-electron chi connectivity index (χ0n) is 25.6. The lowest BCUT2D eigenvalue weighted by Crippen LogP contribution is -2.27. The van der Waals surface area contributed by atoms with E-state index in [1.807, 2.05) is 58.9 Å². The first-order valence-electron chi connectivity index (χ1n) is 13.9. The number of esters is 3. The van der Waals surface area contributed by atoms with Gasteiger partial charge in [0, 0.05) is 18.8 Å². The smallest absolute Gasteiger partial charge is 0.311 e. The van der Waals surface area contributed by atoms with Gasteiger partial charge in [-0.1, -0.05) is 39.8 Å². The van der Waals surface area contributed by atoms with Gasteiger partial charge in [-0.15, -0.1) is 0 Å². The molecule has 7 nitrogen and oxygen atoms in total. The Morgan fingerprint density at radius 2 is 1.41 bits per heavy atom. The molecule has 7 heteroatoms. The van der Waals surface area contributed by atoms with Crippen molar-refractivity contribution in [1.82, 2.24) is 0 Å². The van der Waals surface area contributed by atoms with Gasteiger partial charge in [0.2, 0.25) is 0 Å². The van der Waals surface area contributed by atoms with Crippen LogP contribution in [0.5, 0.6) is 0 Å². The van der Waals surface area contributed by atoms with Crippen LogP contribution in [0.25, 0.3) is 12.2 Å². The van der Waals surface area contributed by atoms with Crippen molar-refractivity contribution in [3.8, 4) is 0 Å². The molecule has 0 saturated carbocycles. The minimum Gasteiger partial charge on any atom is -0.465 e. The molecule has 1 rings (SSSR count). The van der Waals surface area contributed by atoms with E-state index in [1.54, 1.807) is 13.8 Å². The Labute approximate surface area is 235 Å². The van der Waals surface area contributed by atoms with Gasteiger partial charge in [-0.3, -0.25) is 14.4 Å². The monoisotopic (exact) mass is 543 g/mol. The summed E-state index contributed by atoms with van der Waals surface area (Å²) in [6.45, 7) is 17.7. The molecule has 218 valence electrons. The standard InChI is InChI=1S/C32H49NO6/c1-22(2)29(34)37-17-12-15-26-20-25(14-11-19-39-31(36)32(7,8)9)21-27(28(26)33(10)24(5)6)16-13-18-38-30(35)23(3)4/h11-12,14-15,20-24H,13,16-19H2,1-10H3/b14-11+,15-12+. The maximum absolute atomic E-state index is 12.1. The van der Waals surface area contributed by atoms with Gasteiger partial charge in [0.05, 0.1) is 23.9 Å². The molecule has 0 fully saturated rings. The van der Waals surface area contributed by atoms with Crippen molar-refractivity contribution >= 4 is 35.7 Å². The highest BCUT2D eigenvalue weighted by atomic mass is 16.5. The molecule has 0 saturated heterocycles. The fourth-order valence-corrected chi connectivity index (χ4v) is 3.45. The van der Waals surface area contributed by atoms with Crippen LogP contribution in [0, 0.1) is 17.3 Å². The van der Waals surface area contributed by atoms with Crippen molar-refractivity contribution in [2.75, 3.05) is 31.8 Å². The molecule has 0 spiro atoms. The Morgan fingerprint density at radius 3 is 1.97 bits per heavy atom. The Hall–Kier alpha value is -3.09. The van der Waals surface area contributed by atoms with E-state index in [9.17, 15) is 14.4 Å². The van der Waals surface area contributed by atoms with Crippen molar-refractivity contribution in [2.45, 2.75) is 81.2 Å². The van der Waals surface area contributed by atoms with Gasteiger partial charge in [0.15, 0.2) is 0 Å². The molecule has 1 aromatic rings. The number of anilines is 1. The summed E-state index contributed by atoms with van der Waals surface area (Å²) in [7, 11) is 2.06. The molecule has 0 atom stereocenters. The Kier molecular flexibility index (Phi) is 14.0. The van der Waals surface area contributed by atoms with Crippen LogP contribution < -0.4 is 4.90 Å². The molecular weight excluding hydrogens is 494 g/mol. The second-order valence-corrected chi connectivity index (χ2v) is 11.7. The fourth-order valence-electron chi connectivity index (χ4n) is 3.45. The Balaban J connectivity index is 3.31. The van der Waals surface area contributed by atoms with Crippen molar-refractivity contribution in [1.29, 1.82) is 0 Å². The summed E-state index contributed by atoms with van der Waals surface area (Å²) in [6.07, 6.45) is 8.98. The third-order valence-electron chi connectivity index (χ3n) is 6.00. The number of rotatable bonds is 14. The van der Waals surface area contributed by atoms with Crippen LogP contribution in [0.15, 0.2) is 24.3 Å². The topological polar surface area (TPSA) is 82.1 Å². The van der Waals surface area contributed by atoms with Crippen LogP contribution in [-0.4, -0.2) is 50.8 Å². The quantitative estimate of drug-likeness (QED) is 0.151. The lowest BCUT2D eigenvalue weighted by molar-refractivity contribution is -0.151. The molecule has 0 heterocycles. The maximum atomic E-state index is 12.1. The summed E-state index contributed by atoms with van der Waals surface area (Å²) >= 11 is 0. The molecule has 0 bridgehead atoms. The number of ether oxygens (including phenoxy) is 3. The minimum absolute atomic E-state index is 0.157. The van der Waals surface area contributed by atoms with Crippen molar-refractivity contribution < 1.29 is 28.6 Å². The molecular formula is C32H49NO6. The van der Waals surface area contributed by atoms with Crippen molar-refractivity contribution in [2.24, 2.45) is 17.3 Å². The van der Waals surface area contributed by atoms with Gasteiger partial charge in [0.1, 0.15) is 13.2 Å². The van der Waals surface area contributed by atoms with Crippen LogP contribution in [0.1, 0.15) is 85.4 Å². The van der Waals surface area contributed by atoms with E-state index in [-0.39, 0.29) is 49.0 Å². The highest BCUT2D eigenvalue weighted by molar-refractivity contribution is 5.77. The molecule has 0 aliphatic rings. The van der Waals surface area contributed by atoms with E-state index < -0.39 is 5.41 Å². The normalized spacial score (nSPS) is 12.1. The summed E-state index contributed by atoms with van der Waals surface area (Å²) in [5, 5.41) is 0. The molecule has 0 N–H and O–H groups in total. The van der Waals surface area contributed by atoms with Gasteiger partial charge in [0.25, 0.3) is 0 Å². The molecule has 0 aliphatic carbocycles. The van der Waals surface area contributed by atoms with E-state index >= 15 is 0 Å². The maximum Gasteiger partial charge on any atom is 0.311 e. The van der Waals surface area contributed by atoms with Gasteiger partial charge < -0.3 is 19.1 Å². The lowest BCUT2D eigenvalue weighted by atomic mass is 9.97. The highest BCUT2D eigenvalue weighted by Gasteiger charge is 2.22. The van der Waals surface area contributed by atoms with E-state index in [0.29, 0.717) is 19.4 Å². The van der Waals surface area contributed by atoms with Gasteiger partial charge in [-0.25, -0.2) is 0 Å². The number of carbonyl (C=O) groups excluding carboxylic acids is 3. The first kappa shape index (κ1) is 33.9. The summed E-state index contributed by atoms with van der Waals surface area (Å²) in [5.74, 6) is -1.03. The first-order chi connectivity index (χ1) is 18.1. The van der Waals surface area contributed by atoms with Crippen LogP contribution in [-0.2, 0) is 35.0 Å². The van der Waals surface area contributed by atoms with Crippen LogP contribution in [0.3, 0.4) is 0 Å². The molecule has 0 amide bonds. The second kappa shape index (κ2) is 16.1. The molecule has 0 aliphatic heterocycles. The average Bonchev–Trinajstić information content (AvgIpc) is 2.85. The molecule has 0 unspecified atom stereocenters. The number of hydrogen-bond acceptors (Lipinski definition) is 7. The number of carbonyl (C=O) groups is 3. The molecule has 1 aromatic carbocycles. The van der Waals surface area contributed by atoms with Gasteiger partial charge in [-0.05, 0) is 88.4 Å². The zero-order chi connectivity index (χ0) is 29.8. The largest absolute Gasteiger partial charge is 0.465 e. The lowest BCUT2D eigenvalue weighted by Gasteiger charge is -2.29. The van der Waals surface area contributed by atoms with E-state index in [4.69, 9.17) is 14.2 Å². The van der Waals surface area contributed by atoms with Gasteiger partial charge >= 0.3 is 17.9 Å². The third kappa shape index (κ3) is 12.1. The Bertz CT molecular complexity index is 1010. The van der Waals surface area contributed by atoms with Gasteiger partial charge in [-0.2, -0.15) is 0 Å². The second-order valence-electron chi connectivity index (χ2n) is 11.7.